The highest BCUT2D eigenvalue weighted by Gasteiger charge is 2.24. The first-order valence-corrected chi connectivity index (χ1v) is 7.95. The Hall–Kier alpha value is -1.30. The predicted molar refractivity (Wildman–Crippen MR) is 80.3 cm³/mol. The van der Waals surface area contributed by atoms with Gasteiger partial charge in [-0.2, -0.15) is 0 Å². The number of likely N-dealkylation sites (tertiary alicyclic amines) is 1. The summed E-state index contributed by atoms with van der Waals surface area (Å²) in [6.45, 7) is 5.44. The van der Waals surface area contributed by atoms with Crippen LogP contribution < -0.4 is 5.32 Å². The third-order valence-corrected chi connectivity index (χ3v) is 3.65. The monoisotopic (exact) mass is 300 g/mol. The molecule has 1 fully saturated rings. The predicted octanol–water partition coefficient (Wildman–Crippen LogP) is 2.09. The van der Waals surface area contributed by atoms with E-state index in [1.54, 1.807) is 4.90 Å². The van der Waals surface area contributed by atoms with Crippen molar-refractivity contribution < 1.29 is 19.4 Å². The van der Waals surface area contributed by atoms with E-state index in [9.17, 15) is 9.59 Å². The minimum Gasteiger partial charge on any atom is -0.481 e. The number of unbranched alkanes of at least 4 members (excludes halogenated alkanes) is 1. The number of carbonyl (C=O) groups is 2. The van der Waals surface area contributed by atoms with E-state index in [0.717, 1.165) is 45.3 Å². The summed E-state index contributed by atoms with van der Waals surface area (Å²) < 4.78 is 5.43. The Morgan fingerprint density at radius 1 is 1.33 bits per heavy atom. The first kappa shape index (κ1) is 17.8. The van der Waals surface area contributed by atoms with Crippen LogP contribution in [0.4, 0.5) is 4.79 Å². The number of hydrogen-bond acceptors (Lipinski definition) is 3. The number of aliphatic carboxylic acids is 1. The van der Waals surface area contributed by atoms with Crippen molar-refractivity contribution in [2.45, 2.75) is 45.4 Å². The van der Waals surface area contributed by atoms with Gasteiger partial charge in [0.05, 0.1) is 0 Å². The van der Waals surface area contributed by atoms with Crippen LogP contribution in [-0.4, -0.2) is 54.9 Å². The molecule has 1 heterocycles. The van der Waals surface area contributed by atoms with Crippen LogP contribution in [0.15, 0.2) is 0 Å². The third-order valence-electron chi connectivity index (χ3n) is 3.65. The normalized spacial score (nSPS) is 18.5. The molecule has 0 saturated carbocycles. The molecule has 1 saturated heterocycles. The summed E-state index contributed by atoms with van der Waals surface area (Å²) in [5.74, 6) is -0.703. The van der Waals surface area contributed by atoms with Crippen molar-refractivity contribution >= 4 is 12.0 Å². The van der Waals surface area contributed by atoms with E-state index in [4.69, 9.17) is 9.84 Å². The van der Waals surface area contributed by atoms with E-state index in [-0.39, 0.29) is 18.4 Å². The number of hydrogen-bond donors (Lipinski definition) is 2. The summed E-state index contributed by atoms with van der Waals surface area (Å²) in [4.78, 5) is 24.5. The number of rotatable bonds is 9. The Balaban J connectivity index is 2.12. The molecule has 122 valence electrons. The zero-order valence-corrected chi connectivity index (χ0v) is 13.0. The Morgan fingerprint density at radius 2 is 2.10 bits per heavy atom. The lowest BCUT2D eigenvalue weighted by atomic mass is 9.95. The van der Waals surface area contributed by atoms with E-state index in [2.05, 4.69) is 12.2 Å². The first-order valence-electron chi connectivity index (χ1n) is 7.95. The van der Waals surface area contributed by atoms with Crippen LogP contribution in [0.2, 0.25) is 0 Å². The molecular weight excluding hydrogens is 272 g/mol. The molecule has 21 heavy (non-hydrogen) atoms. The zero-order valence-electron chi connectivity index (χ0n) is 13.0. The number of amides is 2. The van der Waals surface area contributed by atoms with Crippen molar-refractivity contribution in [1.29, 1.82) is 0 Å². The molecule has 0 aromatic carbocycles. The van der Waals surface area contributed by atoms with Gasteiger partial charge in [0.15, 0.2) is 0 Å². The Kier molecular flexibility index (Phi) is 8.82. The number of nitrogens with one attached hydrogen (secondary N) is 1. The summed E-state index contributed by atoms with van der Waals surface area (Å²) in [5.41, 5.74) is 0. The van der Waals surface area contributed by atoms with Crippen LogP contribution in [0, 0.1) is 5.92 Å². The summed E-state index contributed by atoms with van der Waals surface area (Å²) in [6, 6.07) is -0.0846. The van der Waals surface area contributed by atoms with Crippen molar-refractivity contribution in [3.05, 3.63) is 0 Å². The molecule has 0 bridgehead atoms. The zero-order chi connectivity index (χ0) is 15.5. The van der Waals surface area contributed by atoms with Crippen molar-refractivity contribution in [2.24, 2.45) is 5.92 Å². The van der Waals surface area contributed by atoms with E-state index < -0.39 is 5.97 Å². The Bertz CT molecular complexity index is 323. The van der Waals surface area contributed by atoms with Gasteiger partial charge >= 0.3 is 12.0 Å². The minimum absolute atomic E-state index is 0.0828. The van der Waals surface area contributed by atoms with Crippen LogP contribution in [-0.2, 0) is 9.53 Å². The van der Waals surface area contributed by atoms with Crippen molar-refractivity contribution in [3.63, 3.8) is 0 Å². The molecule has 6 nitrogen and oxygen atoms in total. The van der Waals surface area contributed by atoms with Gasteiger partial charge in [-0.3, -0.25) is 4.79 Å². The van der Waals surface area contributed by atoms with E-state index in [1.807, 2.05) is 0 Å². The molecule has 2 amide bonds. The van der Waals surface area contributed by atoms with Gasteiger partial charge in [0, 0.05) is 39.3 Å². The van der Waals surface area contributed by atoms with Crippen molar-refractivity contribution in [2.75, 3.05) is 32.8 Å². The Labute approximate surface area is 126 Å². The SMILES string of the molecule is CCCCOCCCNC(=O)N1CCCC(CC(=O)O)C1. The fourth-order valence-corrected chi connectivity index (χ4v) is 2.49. The number of carboxylic acid groups (broad SMARTS) is 1. The molecule has 2 N–H and O–H groups in total. The number of urea groups is 1. The molecule has 1 unspecified atom stereocenters. The third kappa shape index (κ3) is 7.90. The average molecular weight is 300 g/mol. The smallest absolute Gasteiger partial charge is 0.317 e. The lowest BCUT2D eigenvalue weighted by Gasteiger charge is -2.32. The van der Waals surface area contributed by atoms with Crippen molar-refractivity contribution in [3.8, 4) is 0 Å². The second kappa shape index (κ2) is 10.4. The maximum atomic E-state index is 12.0. The van der Waals surface area contributed by atoms with Crippen LogP contribution in [0.5, 0.6) is 0 Å². The van der Waals surface area contributed by atoms with Gasteiger partial charge < -0.3 is 20.1 Å². The van der Waals surface area contributed by atoms with Crippen LogP contribution in [0.3, 0.4) is 0 Å². The number of piperidine rings is 1. The molecule has 1 rings (SSSR count). The van der Waals surface area contributed by atoms with Crippen LogP contribution >= 0.6 is 0 Å². The molecule has 1 aliphatic rings. The number of carboxylic acids is 1. The maximum absolute atomic E-state index is 12.0. The number of nitrogens with zero attached hydrogens (tertiary/aromatic N) is 1. The quantitative estimate of drug-likeness (QED) is 0.639. The van der Waals surface area contributed by atoms with Gasteiger partial charge in [0.25, 0.3) is 0 Å². The summed E-state index contributed by atoms with van der Waals surface area (Å²) in [6.07, 6.45) is 4.93. The highest BCUT2D eigenvalue weighted by molar-refractivity contribution is 5.74. The molecule has 0 aromatic heterocycles. The average Bonchev–Trinajstić information content (AvgIpc) is 2.45. The highest BCUT2D eigenvalue weighted by atomic mass is 16.5. The second-order valence-electron chi connectivity index (χ2n) is 5.60. The van der Waals surface area contributed by atoms with Gasteiger partial charge in [-0.1, -0.05) is 13.3 Å². The summed E-state index contributed by atoms with van der Waals surface area (Å²) in [7, 11) is 0. The molecule has 0 spiro atoms. The largest absolute Gasteiger partial charge is 0.481 e. The minimum atomic E-state index is -0.786. The van der Waals surface area contributed by atoms with E-state index in [0.29, 0.717) is 19.7 Å². The Morgan fingerprint density at radius 3 is 2.81 bits per heavy atom. The van der Waals surface area contributed by atoms with Crippen LogP contribution in [0.1, 0.15) is 45.4 Å². The maximum Gasteiger partial charge on any atom is 0.317 e. The van der Waals surface area contributed by atoms with Gasteiger partial charge in [-0.05, 0) is 31.6 Å². The number of carbonyl (C=O) groups excluding carboxylic acids is 1. The fourth-order valence-electron chi connectivity index (χ4n) is 2.49. The van der Waals surface area contributed by atoms with E-state index in [1.165, 1.54) is 0 Å². The topological polar surface area (TPSA) is 78.9 Å². The van der Waals surface area contributed by atoms with E-state index >= 15 is 0 Å². The lowest BCUT2D eigenvalue weighted by molar-refractivity contribution is -0.138. The standard InChI is InChI=1S/C15H28N2O4/c1-2-3-9-21-10-5-7-16-15(20)17-8-4-6-13(12-17)11-14(18)19/h13H,2-12H2,1H3,(H,16,20)(H,18,19). The fraction of sp³-hybridized carbons (Fsp3) is 0.867. The van der Waals surface area contributed by atoms with Gasteiger partial charge in [0.1, 0.15) is 0 Å². The van der Waals surface area contributed by atoms with Gasteiger partial charge in [0.2, 0.25) is 0 Å². The lowest BCUT2D eigenvalue weighted by Crippen LogP contribution is -2.46. The summed E-state index contributed by atoms with van der Waals surface area (Å²) in [5, 5.41) is 11.7. The molecule has 6 heteroatoms. The molecule has 0 aliphatic carbocycles. The first-order chi connectivity index (χ1) is 10.1. The molecule has 1 atom stereocenters. The molecular formula is C15H28N2O4. The molecule has 0 aromatic rings. The van der Waals surface area contributed by atoms with Gasteiger partial charge in [-0.15, -0.1) is 0 Å². The highest BCUT2D eigenvalue weighted by Crippen LogP contribution is 2.19. The second-order valence-corrected chi connectivity index (χ2v) is 5.60. The van der Waals surface area contributed by atoms with Crippen LogP contribution in [0.25, 0.3) is 0 Å². The number of ether oxygens (including phenoxy) is 1. The van der Waals surface area contributed by atoms with Gasteiger partial charge in [-0.25, -0.2) is 4.79 Å². The summed E-state index contributed by atoms with van der Waals surface area (Å²) >= 11 is 0. The van der Waals surface area contributed by atoms with Crippen molar-refractivity contribution in [1.82, 2.24) is 10.2 Å². The molecule has 0 radical (unpaired) electrons. The molecule has 1 aliphatic heterocycles.